The van der Waals surface area contributed by atoms with Gasteiger partial charge in [-0.05, 0) is 25.3 Å². The summed E-state index contributed by atoms with van der Waals surface area (Å²) in [6.07, 6.45) is 2.51. The first-order chi connectivity index (χ1) is 6.54. The van der Waals surface area contributed by atoms with Crippen LogP contribution in [0.25, 0.3) is 0 Å². The van der Waals surface area contributed by atoms with Gasteiger partial charge in [0.1, 0.15) is 0 Å². The molecule has 4 N–H and O–H groups in total. The lowest BCUT2D eigenvalue weighted by molar-refractivity contribution is 0.242. The number of benzene rings is 1. The molecule has 1 aromatic rings. The van der Waals surface area contributed by atoms with Crippen molar-refractivity contribution in [3.05, 3.63) is 23.5 Å². The second-order valence-corrected chi connectivity index (χ2v) is 3.80. The number of hydrogen-bond acceptors (Lipinski definition) is 3. The minimum absolute atomic E-state index is 0.424. The van der Waals surface area contributed by atoms with Gasteiger partial charge in [0.2, 0.25) is 0 Å². The highest BCUT2D eigenvalue weighted by Crippen LogP contribution is 2.45. The van der Waals surface area contributed by atoms with Crippen molar-refractivity contribution < 1.29 is 14.6 Å². The van der Waals surface area contributed by atoms with E-state index < -0.39 is 22.9 Å². The number of aromatic hydroxyl groups is 2. The van der Waals surface area contributed by atoms with Gasteiger partial charge in [0.15, 0.2) is 17.3 Å². The molecule has 1 aliphatic rings. The maximum atomic E-state index is 12.8. The first-order valence-electron chi connectivity index (χ1n) is 4.54. The van der Waals surface area contributed by atoms with E-state index >= 15 is 0 Å². The van der Waals surface area contributed by atoms with Crippen LogP contribution in [-0.4, -0.2) is 10.2 Å². The highest BCUT2D eigenvalue weighted by atomic mass is 19.1. The molecule has 2 rings (SSSR count). The maximum Gasteiger partial charge on any atom is 0.194 e. The molecule has 1 aromatic carbocycles. The van der Waals surface area contributed by atoms with Gasteiger partial charge in [-0.3, -0.25) is 0 Å². The van der Waals surface area contributed by atoms with E-state index in [0.717, 1.165) is 25.3 Å². The third-order valence-corrected chi connectivity index (χ3v) is 2.88. The molecule has 76 valence electrons. The summed E-state index contributed by atoms with van der Waals surface area (Å²) in [7, 11) is 0. The third-order valence-electron chi connectivity index (χ3n) is 2.88. The Morgan fingerprint density at radius 2 is 1.86 bits per heavy atom. The van der Waals surface area contributed by atoms with Gasteiger partial charge in [0.05, 0.1) is 0 Å². The summed E-state index contributed by atoms with van der Waals surface area (Å²) in [5.41, 5.74) is 5.80. The van der Waals surface area contributed by atoms with Crippen LogP contribution >= 0.6 is 0 Å². The Labute approximate surface area is 81.0 Å². The lowest BCUT2D eigenvalue weighted by Crippen LogP contribution is -2.43. The summed E-state index contributed by atoms with van der Waals surface area (Å²) in [4.78, 5) is 0. The molecule has 0 amide bonds. The molecule has 0 aromatic heterocycles. The Kier molecular flexibility index (Phi) is 1.89. The summed E-state index contributed by atoms with van der Waals surface area (Å²) in [6.45, 7) is 0. The minimum atomic E-state index is -0.825. The molecule has 0 atom stereocenters. The van der Waals surface area contributed by atoms with Gasteiger partial charge < -0.3 is 15.9 Å². The average Bonchev–Trinajstić information content (AvgIpc) is 2.11. The van der Waals surface area contributed by atoms with Gasteiger partial charge in [-0.2, -0.15) is 0 Å². The first kappa shape index (κ1) is 9.27. The fourth-order valence-electron chi connectivity index (χ4n) is 1.78. The molecule has 0 spiro atoms. The number of rotatable bonds is 1. The third kappa shape index (κ3) is 1.14. The Bertz CT molecular complexity index is 375. The van der Waals surface area contributed by atoms with Crippen LogP contribution in [0.1, 0.15) is 24.8 Å². The van der Waals surface area contributed by atoms with E-state index in [-0.39, 0.29) is 0 Å². The van der Waals surface area contributed by atoms with Crippen LogP contribution in [0.3, 0.4) is 0 Å². The quantitative estimate of drug-likeness (QED) is 0.599. The van der Waals surface area contributed by atoms with Crippen molar-refractivity contribution in [3.63, 3.8) is 0 Å². The maximum absolute atomic E-state index is 12.8. The molecule has 4 heteroatoms. The molecule has 0 bridgehead atoms. The zero-order valence-corrected chi connectivity index (χ0v) is 7.63. The van der Waals surface area contributed by atoms with E-state index in [1.807, 2.05) is 0 Å². The fourth-order valence-corrected chi connectivity index (χ4v) is 1.78. The SMILES string of the molecule is NC1(c2ccc(F)c(O)c2O)CCC1. The van der Waals surface area contributed by atoms with E-state index in [1.54, 1.807) is 0 Å². The Hall–Kier alpha value is -1.29. The van der Waals surface area contributed by atoms with E-state index in [1.165, 1.54) is 6.07 Å². The van der Waals surface area contributed by atoms with Crippen LogP contribution in [0.2, 0.25) is 0 Å². The summed E-state index contributed by atoms with van der Waals surface area (Å²) >= 11 is 0. The van der Waals surface area contributed by atoms with E-state index in [0.29, 0.717) is 5.56 Å². The molecule has 0 aliphatic heterocycles. The monoisotopic (exact) mass is 197 g/mol. The predicted octanol–water partition coefficient (Wildman–Crippen LogP) is 1.57. The molecule has 0 saturated heterocycles. The van der Waals surface area contributed by atoms with Crippen molar-refractivity contribution in [2.24, 2.45) is 5.73 Å². The topological polar surface area (TPSA) is 66.5 Å². The Morgan fingerprint density at radius 3 is 2.36 bits per heavy atom. The summed E-state index contributed by atoms with van der Waals surface area (Å²) in [5.74, 6) is -1.96. The average molecular weight is 197 g/mol. The predicted molar refractivity (Wildman–Crippen MR) is 49.4 cm³/mol. The molecular formula is C10H12FNO2. The largest absolute Gasteiger partial charge is 0.504 e. The van der Waals surface area contributed by atoms with Gasteiger partial charge in [-0.15, -0.1) is 0 Å². The first-order valence-corrected chi connectivity index (χ1v) is 4.54. The van der Waals surface area contributed by atoms with Crippen molar-refractivity contribution in [1.82, 2.24) is 0 Å². The summed E-state index contributed by atoms with van der Waals surface area (Å²) in [6, 6.07) is 2.56. The van der Waals surface area contributed by atoms with Crippen molar-refractivity contribution in [1.29, 1.82) is 0 Å². The molecule has 1 aliphatic carbocycles. The number of nitrogens with two attached hydrogens (primary N) is 1. The van der Waals surface area contributed by atoms with Crippen molar-refractivity contribution >= 4 is 0 Å². The molecule has 3 nitrogen and oxygen atoms in total. The number of phenols is 2. The molecule has 14 heavy (non-hydrogen) atoms. The van der Waals surface area contributed by atoms with E-state index in [2.05, 4.69) is 0 Å². The standard InChI is InChI=1S/C10H12FNO2/c11-7-3-2-6(8(13)9(7)14)10(12)4-1-5-10/h2-3,13-14H,1,4-5,12H2. The minimum Gasteiger partial charge on any atom is -0.504 e. The fraction of sp³-hybridized carbons (Fsp3) is 0.400. The highest BCUT2D eigenvalue weighted by Gasteiger charge is 2.37. The van der Waals surface area contributed by atoms with Crippen molar-refractivity contribution in [3.8, 4) is 11.5 Å². The second-order valence-electron chi connectivity index (χ2n) is 3.80. The van der Waals surface area contributed by atoms with Crippen molar-refractivity contribution in [2.75, 3.05) is 0 Å². The molecule has 1 saturated carbocycles. The smallest absolute Gasteiger partial charge is 0.194 e. The number of hydrogen-bond donors (Lipinski definition) is 3. The van der Waals surface area contributed by atoms with Crippen LogP contribution in [0.5, 0.6) is 11.5 Å². The van der Waals surface area contributed by atoms with E-state index in [9.17, 15) is 14.6 Å². The molecule has 0 heterocycles. The molecular weight excluding hydrogens is 185 g/mol. The highest BCUT2D eigenvalue weighted by molar-refractivity contribution is 5.49. The van der Waals surface area contributed by atoms with Crippen LogP contribution in [0.4, 0.5) is 4.39 Å². The zero-order valence-electron chi connectivity index (χ0n) is 7.63. The van der Waals surface area contributed by atoms with Crippen LogP contribution < -0.4 is 5.73 Å². The van der Waals surface area contributed by atoms with Crippen LogP contribution in [-0.2, 0) is 5.54 Å². The zero-order chi connectivity index (χ0) is 10.3. The van der Waals surface area contributed by atoms with Gasteiger partial charge in [-0.25, -0.2) is 4.39 Å². The van der Waals surface area contributed by atoms with Crippen molar-refractivity contribution in [2.45, 2.75) is 24.8 Å². The van der Waals surface area contributed by atoms with Gasteiger partial charge in [0, 0.05) is 11.1 Å². The van der Waals surface area contributed by atoms with Gasteiger partial charge >= 0.3 is 0 Å². The van der Waals surface area contributed by atoms with Gasteiger partial charge in [-0.1, -0.05) is 6.07 Å². The lowest BCUT2D eigenvalue weighted by atomic mass is 9.72. The Balaban J connectivity index is 2.49. The van der Waals surface area contributed by atoms with Crippen LogP contribution in [0.15, 0.2) is 12.1 Å². The normalized spacial score (nSPS) is 19.0. The lowest BCUT2D eigenvalue weighted by Gasteiger charge is -2.38. The van der Waals surface area contributed by atoms with Crippen LogP contribution in [0, 0.1) is 5.82 Å². The second kappa shape index (κ2) is 2.85. The molecule has 1 fully saturated rings. The number of halogens is 1. The summed E-state index contributed by atoms with van der Waals surface area (Å²) in [5, 5.41) is 18.7. The molecule has 0 radical (unpaired) electrons. The number of phenolic OH excluding ortho intramolecular Hbond substituents is 2. The molecule has 0 unspecified atom stereocenters. The summed E-state index contributed by atoms with van der Waals surface area (Å²) < 4.78 is 12.8. The Morgan fingerprint density at radius 1 is 1.21 bits per heavy atom. The van der Waals surface area contributed by atoms with Gasteiger partial charge in [0.25, 0.3) is 0 Å². The van der Waals surface area contributed by atoms with E-state index in [4.69, 9.17) is 5.73 Å².